The van der Waals surface area contributed by atoms with Gasteiger partial charge in [0.25, 0.3) is 0 Å². The summed E-state index contributed by atoms with van der Waals surface area (Å²) in [7, 11) is 0. The number of nitrogens with one attached hydrogen (secondary N) is 1. The van der Waals surface area contributed by atoms with E-state index in [0.29, 0.717) is 5.69 Å². The molecule has 1 atom stereocenters. The Hall–Kier alpha value is -1.30. The van der Waals surface area contributed by atoms with E-state index in [9.17, 15) is 13.2 Å². The Morgan fingerprint density at radius 1 is 1.40 bits per heavy atom. The van der Waals surface area contributed by atoms with Gasteiger partial charge in [0.2, 0.25) is 0 Å². The fourth-order valence-corrected chi connectivity index (χ4v) is 2.13. The number of anilines is 1. The quantitative estimate of drug-likeness (QED) is 0.768. The van der Waals surface area contributed by atoms with Crippen LogP contribution in [0.2, 0.25) is 0 Å². The van der Waals surface area contributed by atoms with Gasteiger partial charge in [0, 0.05) is 17.3 Å². The molecule has 0 radical (unpaired) electrons. The minimum atomic E-state index is -4.47. The van der Waals surface area contributed by atoms with Gasteiger partial charge in [0.15, 0.2) is 0 Å². The largest absolute Gasteiger partial charge is 0.417 e. The van der Waals surface area contributed by atoms with Gasteiger partial charge in [-0.2, -0.15) is 13.2 Å². The van der Waals surface area contributed by atoms with Crippen LogP contribution in [0.3, 0.4) is 0 Å². The second-order valence-electron chi connectivity index (χ2n) is 4.81. The molecule has 0 aliphatic rings. The second kappa shape index (κ2) is 6.92. The van der Waals surface area contributed by atoms with Crippen LogP contribution in [-0.4, -0.2) is 11.0 Å². The van der Waals surface area contributed by atoms with E-state index < -0.39 is 11.7 Å². The zero-order valence-electron chi connectivity index (χ0n) is 11.6. The Morgan fingerprint density at radius 2 is 2.05 bits per heavy atom. The van der Waals surface area contributed by atoms with E-state index in [4.69, 9.17) is 5.73 Å². The first-order valence-electron chi connectivity index (χ1n) is 6.53. The smallest absolute Gasteiger partial charge is 0.389 e. The lowest BCUT2D eigenvalue weighted by atomic mass is 10.0. The van der Waals surface area contributed by atoms with Gasteiger partial charge in [-0.3, -0.25) is 0 Å². The predicted octanol–water partition coefficient (Wildman–Crippen LogP) is 4.33. The molecular weight excluding hydrogens is 285 g/mol. The number of rotatable bonds is 6. The molecule has 0 bridgehead atoms. The fourth-order valence-electron chi connectivity index (χ4n) is 1.95. The van der Waals surface area contributed by atoms with Gasteiger partial charge in [0.05, 0.1) is 5.56 Å². The summed E-state index contributed by atoms with van der Waals surface area (Å²) in [6, 6.07) is 4.08. The first kappa shape index (κ1) is 16.8. The summed E-state index contributed by atoms with van der Waals surface area (Å²) in [4.78, 5) is -0.247. The molecule has 0 aliphatic carbocycles. The van der Waals surface area contributed by atoms with E-state index in [-0.39, 0.29) is 16.6 Å². The van der Waals surface area contributed by atoms with Crippen molar-refractivity contribution in [3.63, 3.8) is 0 Å². The van der Waals surface area contributed by atoms with Crippen LogP contribution in [0.1, 0.15) is 44.2 Å². The summed E-state index contributed by atoms with van der Waals surface area (Å²) in [5.74, 6) is 0. The van der Waals surface area contributed by atoms with Crippen molar-refractivity contribution in [2.24, 2.45) is 5.73 Å². The molecule has 0 aliphatic heterocycles. The minimum absolute atomic E-state index is 0.117. The van der Waals surface area contributed by atoms with E-state index >= 15 is 0 Å². The zero-order chi connectivity index (χ0) is 15.3. The molecule has 6 heteroatoms. The molecule has 0 amide bonds. The van der Waals surface area contributed by atoms with Crippen LogP contribution < -0.4 is 11.1 Å². The number of hydrogen-bond acceptors (Lipinski definition) is 2. The lowest BCUT2D eigenvalue weighted by molar-refractivity contribution is -0.137. The van der Waals surface area contributed by atoms with Gasteiger partial charge in [-0.25, -0.2) is 0 Å². The summed E-state index contributed by atoms with van der Waals surface area (Å²) < 4.78 is 39.0. The van der Waals surface area contributed by atoms with Gasteiger partial charge in [-0.1, -0.05) is 32.0 Å². The Morgan fingerprint density at radius 3 is 2.55 bits per heavy atom. The van der Waals surface area contributed by atoms with Crippen LogP contribution in [0.4, 0.5) is 18.9 Å². The number of halogens is 3. The van der Waals surface area contributed by atoms with Crippen LogP contribution in [0.5, 0.6) is 0 Å². The molecule has 0 heterocycles. The first-order chi connectivity index (χ1) is 9.25. The molecule has 0 aromatic heterocycles. The number of unbranched alkanes of at least 4 members (excludes halogenated alkanes) is 1. The zero-order valence-corrected chi connectivity index (χ0v) is 12.4. The molecule has 1 aromatic carbocycles. The number of hydrogen-bond donors (Lipinski definition) is 2. The molecule has 20 heavy (non-hydrogen) atoms. The third kappa shape index (κ3) is 4.67. The highest BCUT2D eigenvalue weighted by Crippen LogP contribution is 2.34. The summed E-state index contributed by atoms with van der Waals surface area (Å²) in [5.41, 5.74) is 4.84. The summed E-state index contributed by atoms with van der Waals surface area (Å²) >= 11 is 4.66. The Labute approximate surface area is 122 Å². The lowest BCUT2D eigenvalue weighted by Gasteiger charge is -2.18. The highest BCUT2D eigenvalue weighted by Gasteiger charge is 2.34. The van der Waals surface area contributed by atoms with Crippen molar-refractivity contribution in [2.45, 2.75) is 45.3 Å². The van der Waals surface area contributed by atoms with E-state index in [1.165, 1.54) is 6.07 Å². The number of benzene rings is 1. The topological polar surface area (TPSA) is 38.0 Å². The van der Waals surface area contributed by atoms with Crippen molar-refractivity contribution in [1.29, 1.82) is 0 Å². The molecular formula is C14H19F3N2S. The molecule has 0 spiro atoms. The summed E-state index contributed by atoms with van der Waals surface area (Å²) in [6.07, 6.45) is -1.47. The van der Waals surface area contributed by atoms with Gasteiger partial charge in [0.1, 0.15) is 4.99 Å². The fraction of sp³-hybridized carbons (Fsp3) is 0.500. The predicted molar refractivity (Wildman–Crippen MR) is 79.9 cm³/mol. The van der Waals surface area contributed by atoms with Crippen LogP contribution >= 0.6 is 12.2 Å². The molecule has 112 valence electrons. The normalized spacial score (nSPS) is 13.1. The van der Waals surface area contributed by atoms with Gasteiger partial charge < -0.3 is 11.1 Å². The Kier molecular flexibility index (Phi) is 5.80. The van der Waals surface area contributed by atoms with E-state index in [0.717, 1.165) is 25.3 Å². The van der Waals surface area contributed by atoms with Gasteiger partial charge in [-0.05, 0) is 31.5 Å². The third-order valence-electron chi connectivity index (χ3n) is 2.99. The number of nitrogens with two attached hydrogens (primary N) is 1. The maximum absolute atomic E-state index is 13.0. The molecule has 1 rings (SSSR count). The SMILES string of the molecule is CCCCC(C)Nc1ccc(C(N)=S)c(C(F)(F)F)c1. The summed E-state index contributed by atoms with van der Waals surface area (Å²) in [5, 5.41) is 3.07. The molecule has 0 saturated heterocycles. The van der Waals surface area contributed by atoms with E-state index in [1.54, 1.807) is 6.07 Å². The molecule has 0 saturated carbocycles. The maximum atomic E-state index is 13.0. The molecule has 1 unspecified atom stereocenters. The minimum Gasteiger partial charge on any atom is -0.389 e. The Bertz CT molecular complexity index is 472. The van der Waals surface area contributed by atoms with Crippen molar-refractivity contribution < 1.29 is 13.2 Å². The van der Waals surface area contributed by atoms with Crippen LogP contribution in [-0.2, 0) is 6.18 Å². The van der Waals surface area contributed by atoms with Crippen molar-refractivity contribution in [2.75, 3.05) is 5.32 Å². The van der Waals surface area contributed by atoms with E-state index in [1.807, 2.05) is 6.92 Å². The van der Waals surface area contributed by atoms with Crippen LogP contribution in [0.15, 0.2) is 18.2 Å². The highest BCUT2D eigenvalue weighted by atomic mass is 32.1. The van der Waals surface area contributed by atoms with Crippen molar-refractivity contribution >= 4 is 22.9 Å². The monoisotopic (exact) mass is 304 g/mol. The molecule has 3 N–H and O–H groups in total. The number of alkyl halides is 3. The Balaban J connectivity index is 2.98. The average molecular weight is 304 g/mol. The third-order valence-corrected chi connectivity index (χ3v) is 3.21. The van der Waals surface area contributed by atoms with Crippen molar-refractivity contribution in [3.8, 4) is 0 Å². The van der Waals surface area contributed by atoms with Crippen molar-refractivity contribution in [3.05, 3.63) is 29.3 Å². The van der Waals surface area contributed by atoms with Gasteiger partial charge >= 0.3 is 6.18 Å². The highest BCUT2D eigenvalue weighted by molar-refractivity contribution is 7.80. The number of thiocarbonyl (C=S) groups is 1. The first-order valence-corrected chi connectivity index (χ1v) is 6.94. The standard InChI is InChI=1S/C14H19F3N2S/c1-3-4-5-9(2)19-10-6-7-11(13(18)20)12(8-10)14(15,16)17/h6-9,19H,3-5H2,1-2H3,(H2,18,20). The van der Waals surface area contributed by atoms with E-state index in [2.05, 4.69) is 24.5 Å². The van der Waals surface area contributed by atoms with Crippen LogP contribution in [0, 0.1) is 0 Å². The second-order valence-corrected chi connectivity index (χ2v) is 5.25. The average Bonchev–Trinajstić information content (AvgIpc) is 2.35. The molecule has 0 fully saturated rings. The molecule has 2 nitrogen and oxygen atoms in total. The molecule has 1 aromatic rings. The summed E-state index contributed by atoms with van der Waals surface area (Å²) in [6.45, 7) is 4.02. The lowest BCUT2D eigenvalue weighted by Crippen LogP contribution is -2.20. The van der Waals surface area contributed by atoms with Crippen LogP contribution in [0.25, 0.3) is 0 Å². The maximum Gasteiger partial charge on any atom is 0.417 e. The van der Waals surface area contributed by atoms with Crippen molar-refractivity contribution in [1.82, 2.24) is 0 Å². The van der Waals surface area contributed by atoms with Gasteiger partial charge in [-0.15, -0.1) is 0 Å².